The normalized spacial score (nSPS) is 24.1. The molecule has 0 radical (unpaired) electrons. The molecular formula is C13H15N3O2. The van der Waals surface area contributed by atoms with Gasteiger partial charge in [-0.1, -0.05) is 18.2 Å². The van der Waals surface area contributed by atoms with Crippen LogP contribution in [0.4, 0.5) is 5.69 Å². The second-order valence-electron chi connectivity index (χ2n) is 4.59. The minimum Gasteiger partial charge on any atom is -0.329 e. The Labute approximate surface area is 105 Å². The zero-order valence-electron chi connectivity index (χ0n) is 10.0. The van der Waals surface area contributed by atoms with E-state index in [4.69, 9.17) is 0 Å². The quantitative estimate of drug-likeness (QED) is 0.785. The molecule has 2 fully saturated rings. The minimum absolute atomic E-state index is 0.00396. The third-order valence-corrected chi connectivity index (χ3v) is 3.48. The number of fused-ring (bicyclic) bond motifs is 1. The lowest BCUT2D eigenvalue weighted by Gasteiger charge is -2.24. The Kier molecular flexibility index (Phi) is 2.76. The maximum atomic E-state index is 12.4. The van der Waals surface area contributed by atoms with Crippen LogP contribution >= 0.6 is 0 Å². The molecule has 0 aliphatic carbocycles. The topological polar surface area (TPSA) is 52.7 Å². The highest BCUT2D eigenvalue weighted by Gasteiger charge is 2.39. The van der Waals surface area contributed by atoms with E-state index in [1.54, 1.807) is 4.90 Å². The molecule has 0 unspecified atom stereocenters. The van der Waals surface area contributed by atoms with E-state index in [0.717, 1.165) is 18.5 Å². The molecule has 2 saturated heterocycles. The monoisotopic (exact) mass is 245 g/mol. The molecule has 1 aromatic carbocycles. The van der Waals surface area contributed by atoms with Gasteiger partial charge in [0, 0.05) is 6.54 Å². The summed E-state index contributed by atoms with van der Waals surface area (Å²) in [6.07, 6.45) is 1.67. The van der Waals surface area contributed by atoms with E-state index in [-0.39, 0.29) is 24.4 Å². The lowest BCUT2D eigenvalue weighted by atomic mass is 10.2. The van der Waals surface area contributed by atoms with Crippen LogP contribution in [0.3, 0.4) is 0 Å². The number of carbonyl (C=O) groups is 2. The molecule has 0 spiro atoms. The summed E-state index contributed by atoms with van der Waals surface area (Å²) in [6.45, 7) is 0.872. The molecule has 0 bridgehead atoms. The number of nitrogens with zero attached hydrogens (tertiary/aromatic N) is 2. The molecule has 2 heterocycles. The smallest absolute Gasteiger partial charge is 0.264 e. The van der Waals surface area contributed by atoms with Crippen LogP contribution in [0.25, 0.3) is 0 Å². The summed E-state index contributed by atoms with van der Waals surface area (Å²) in [4.78, 5) is 26.0. The number of para-hydroxylation sites is 1. The predicted molar refractivity (Wildman–Crippen MR) is 66.7 cm³/mol. The first-order valence-corrected chi connectivity index (χ1v) is 6.19. The number of hydrogen-bond acceptors (Lipinski definition) is 3. The number of hydrazine groups is 1. The molecule has 18 heavy (non-hydrogen) atoms. The molecule has 1 N–H and O–H groups in total. The average molecular weight is 245 g/mol. The Bertz CT molecular complexity index is 474. The van der Waals surface area contributed by atoms with Gasteiger partial charge in [0.2, 0.25) is 5.91 Å². The van der Waals surface area contributed by atoms with Crippen molar-refractivity contribution in [1.82, 2.24) is 10.3 Å². The fourth-order valence-corrected chi connectivity index (χ4v) is 2.59. The zero-order chi connectivity index (χ0) is 12.5. The van der Waals surface area contributed by atoms with Crippen molar-refractivity contribution in [2.45, 2.75) is 18.9 Å². The van der Waals surface area contributed by atoms with Crippen molar-refractivity contribution in [3.8, 4) is 0 Å². The van der Waals surface area contributed by atoms with Crippen LogP contribution in [0.15, 0.2) is 30.3 Å². The second-order valence-corrected chi connectivity index (χ2v) is 4.59. The van der Waals surface area contributed by atoms with Gasteiger partial charge in [0.15, 0.2) is 0 Å². The lowest BCUT2D eigenvalue weighted by Crippen LogP contribution is -2.47. The fraction of sp³-hybridized carbons (Fsp3) is 0.385. The largest absolute Gasteiger partial charge is 0.329 e. The van der Waals surface area contributed by atoms with E-state index in [1.165, 1.54) is 5.01 Å². The van der Waals surface area contributed by atoms with Crippen LogP contribution in [0.2, 0.25) is 0 Å². The van der Waals surface area contributed by atoms with E-state index in [9.17, 15) is 9.59 Å². The van der Waals surface area contributed by atoms with Gasteiger partial charge in [-0.05, 0) is 25.0 Å². The van der Waals surface area contributed by atoms with Gasteiger partial charge in [-0.3, -0.25) is 9.59 Å². The molecular weight excluding hydrogens is 230 g/mol. The maximum Gasteiger partial charge on any atom is 0.264 e. The van der Waals surface area contributed by atoms with Crippen molar-refractivity contribution >= 4 is 17.5 Å². The van der Waals surface area contributed by atoms with Gasteiger partial charge in [0.1, 0.15) is 6.04 Å². The van der Waals surface area contributed by atoms with Crippen molar-refractivity contribution in [3.05, 3.63) is 30.3 Å². The molecule has 0 saturated carbocycles. The highest BCUT2D eigenvalue weighted by atomic mass is 16.2. The third kappa shape index (κ3) is 1.76. The van der Waals surface area contributed by atoms with E-state index >= 15 is 0 Å². The molecule has 0 aromatic heterocycles. The number of rotatable bonds is 1. The summed E-state index contributed by atoms with van der Waals surface area (Å²) in [5.41, 5.74) is 3.70. The van der Waals surface area contributed by atoms with Crippen LogP contribution in [0, 0.1) is 0 Å². The SMILES string of the molecule is O=C1[C@@H]2CCCN2C(=O)CNN1c1ccccc1. The Morgan fingerprint density at radius 1 is 1.17 bits per heavy atom. The van der Waals surface area contributed by atoms with Crippen molar-refractivity contribution < 1.29 is 9.59 Å². The summed E-state index contributed by atoms with van der Waals surface area (Å²) in [6, 6.07) is 9.08. The van der Waals surface area contributed by atoms with Crippen LogP contribution in [-0.4, -0.2) is 35.8 Å². The Hall–Kier alpha value is -1.88. The fourth-order valence-electron chi connectivity index (χ4n) is 2.59. The van der Waals surface area contributed by atoms with E-state index in [1.807, 2.05) is 30.3 Å². The molecule has 1 atom stereocenters. The van der Waals surface area contributed by atoms with Gasteiger partial charge in [-0.15, -0.1) is 0 Å². The Morgan fingerprint density at radius 2 is 1.94 bits per heavy atom. The second kappa shape index (κ2) is 4.42. The van der Waals surface area contributed by atoms with Crippen LogP contribution < -0.4 is 10.4 Å². The molecule has 3 rings (SSSR count). The van der Waals surface area contributed by atoms with Crippen LogP contribution in [0.1, 0.15) is 12.8 Å². The lowest BCUT2D eigenvalue weighted by molar-refractivity contribution is -0.134. The van der Waals surface area contributed by atoms with E-state index in [2.05, 4.69) is 5.43 Å². The standard InChI is InChI=1S/C13H15N3O2/c17-12-9-14-16(10-5-2-1-3-6-10)13(18)11-7-4-8-15(11)12/h1-3,5-6,11,14H,4,7-9H2/t11-/m0/s1. The van der Waals surface area contributed by atoms with Crippen molar-refractivity contribution in [2.75, 3.05) is 18.1 Å². The van der Waals surface area contributed by atoms with Crippen molar-refractivity contribution in [2.24, 2.45) is 0 Å². The first kappa shape index (κ1) is 11.2. The van der Waals surface area contributed by atoms with E-state index < -0.39 is 0 Å². The van der Waals surface area contributed by atoms with Gasteiger partial charge < -0.3 is 4.90 Å². The van der Waals surface area contributed by atoms with Crippen LogP contribution in [0.5, 0.6) is 0 Å². The minimum atomic E-state index is -0.298. The first-order chi connectivity index (χ1) is 8.77. The summed E-state index contributed by atoms with van der Waals surface area (Å²) in [5, 5.41) is 1.51. The molecule has 1 aromatic rings. The predicted octanol–water partition coefficient (Wildman–Crippen LogP) is 0.529. The zero-order valence-corrected chi connectivity index (χ0v) is 10.0. The highest BCUT2D eigenvalue weighted by molar-refractivity contribution is 6.00. The number of benzene rings is 1. The Balaban J connectivity index is 1.92. The number of carbonyl (C=O) groups excluding carboxylic acids is 2. The van der Waals surface area contributed by atoms with Crippen molar-refractivity contribution in [3.63, 3.8) is 0 Å². The molecule has 2 amide bonds. The molecule has 2 aliphatic rings. The number of anilines is 1. The summed E-state index contributed by atoms with van der Waals surface area (Å²) in [5.74, 6) is -0.0335. The summed E-state index contributed by atoms with van der Waals surface area (Å²) >= 11 is 0. The number of nitrogens with one attached hydrogen (secondary N) is 1. The summed E-state index contributed by atoms with van der Waals surface area (Å²) < 4.78 is 0. The van der Waals surface area contributed by atoms with Gasteiger partial charge in [0.25, 0.3) is 5.91 Å². The van der Waals surface area contributed by atoms with Gasteiger partial charge in [-0.2, -0.15) is 0 Å². The van der Waals surface area contributed by atoms with Crippen molar-refractivity contribution in [1.29, 1.82) is 0 Å². The Morgan fingerprint density at radius 3 is 2.72 bits per heavy atom. The molecule has 94 valence electrons. The first-order valence-electron chi connectivity index (χ1n) is 6.19. The average Bonchev–Trinajstić information content (AvgIpc) is 2.85. The van der Waals surface area contributed by atoms with Gasteiger partial charge in [-0.25, -0.2) is 10.4 Å². The number of amides is 2. The van der Waals surface area contributed by atoms with Gasteiger partial charge >= 0.3 is 0 Å². The number of hydrogen-bond donors (Lipinski definition) is 1. The molecule has 2 aliphatic heterocycles. The van der Waals surface area contributed by atoms with Gasteiger partial charge in [0.05, 0.1) is 12.2 Å². The molecule has 5 nitrogen and oxygen atoms in total. The molecule has 5 heteroatoms. The highest BCUT2D eigenvalue weighted by Crippen LogP contribution is 2.23. The van der Waals surface area contributed by atoms with E-state index in [0.29, 0.717) is 6.54 Å². The summed E-state index contributed by atoms with van der Waals surface area (Å²) in [7, 11) is 0. The maximum absolute atomic E-state index is 12.4. The van der Waals surface area contributed by atoms with Crippen LogP contribution in [-0.2, 0) is 9.59 Å². The third-order valence-electron chi connectivity index (χ3n) is 3.48.